The number of primary amides is 1. The van der Waals surface area contributed by atoms with Gasteiger partial charge in [0.25, 0.3) is 0 Å². The maximum absolute atomic E-state index is 13.3. The molecule has 1 saturated carbocycles. The van der Waals surface area contributed by atoms with Crippen molar-refractivity contribution in [3.63, 3.8) is 0 Å². The van der Waals surface area contributed by atoms with E-state index in [-0.39, 0.29) is 51.2 Å². The Hall–Kier alpha value is -1.28. The summed E-state index contributed by atoms with van der Waals surface area (Å²) in [5.74, 6) is -3.78. The predicted octanol–water partition coefficient (Wildman–Crippen LogP) is 0.931. The normalized spacial score (nSPS) is 29.1. The van der Waals surface area contributed by atoms with Gasteiger partial charge < -0.3 is 20.1 Å². The summed E-state index contributed by atoms with van der Waals surface area (Å²) in [5.41, 5.74) is 4.29. The lowest BCUT2D eigenvalue weighted by Crippen LogP contribution is -2.51. The van der Waals surface area contributed by atoms with Crippen LogP contribution in [0, 0.1) is 5.92 Å². The summed E-state index contributed by atoms with van der Waals surface area (Å²) in [4.78, 5) is 25.5. The predicted molar refractivity (Wildman–Crippen MR) is 77.9 cm³/mol. The Morgan fingerprint density at radius 2 is 2.00 bits per heavy atom. The molecule has 0 aromatic heterocycles. The lowest BCUT2D eigenvalue weighted by molar-refractivity contribution is -0.145. The summed E-state index contributed by atoms with van der Waals surface area (Å²) in [6, 6.07) is 0. The molecule has 0 unspecified atom stereocenters. The Morgan fingerprint density at radius 3 is 2.57 bits per heavy atom. The average molecular weight is 334 g/mol. The van der Waals surface area contributed by atoms with Crippen LogP contribution in [0.4, 0.5) is 8.78 Å². The van der Waals surface area contributed by atoms with Gasteiger partial charge in [-0.3, -0.25) is 9.59 Å². The van der Waals surface area contributed by atoms with Crippen molar-refractivity contribution in [2.24, 2.45) is 11.7 Å². The van der Waals surface area contributed by atoms with Gasteiger partial charge in [-0.15, -0.1) is 0 Å². The molecule has 8 heteroatoms. The number of alkyl halides is 2. The monoisotopic (exact) mass is 334 g/mol. The van der Waals surface area contributed by atoms with Gasteiger partial charge in [0.05, 0.1) is 26.2 Å². The first-order valence-corrected chi connectivity index (χ1v) is 7.85. The van der Waals surface area contributed by atoms with E-state index in [2.05, 4.69) is 0 Å². The number of amides is 2. The fourth-order valence-electron chi connectivity index (χ4n) is 3.26. The van der Waals surface area contributed by atoms with Gasteiger partial charge in [-0.25, -0.2) is 8.78 Å². The number of nitrogens with zero attached hydrogens (tertiary/aromatic N) is 1. The maximum Gasteiger partial charge on any atom is 0.248 e. The number of ether oxygens (including phenoxy) is 2. The molecule has 1 saturated heterocycles. The Bertz CT molecular complexity index is 451. The van der Waals surface area contributed by atoms with Crippen LogP contribution in [0.15, 0.2) is 0 Å². The Balaban J connectivity index is 2.05. The molecule has 1 aliphatic carbocycles. The summed E-state index contributed by atoms with van der Waals surface area (Å²) in [6.45, 7) is 1.02. The van der Waals surface area contributed by atoms with Crippen LogP contribution in [0.5, 0.6) is 0 Å². The molecule has 1 aliphatic heterocycles. The van der Waals surface area contributed by atoms with E-state index in [1.54, 1.807) is 4.90 Å². The van der Waals surface area contributed by atoms with E-state index in [9.17, 15) is 18.4 Å². The number of rotatable bonds is 4. The number of nitrogens with two attached hydrogens (primary N) is 1. The second-order valence-electron chi connectivity index (χ2n) is 6.47. The summed E-state index contributed by atoms with van der Waals surface area (Å²) in [5, 5.41) is 0. The third kappa shape index (κ3) is 4.60. The van der Waals surface area contributed by atoms with Crippen molar-refractivity contribution in [3.05, 3.63) is 0 Å². The Kier molecular flexibility index (Phi) is 5.57. The molecule has 23 heavy (non-hydrogen) atoms. The number of halogens is 2. The van der Waals surface area contributed by atoms with Crippen LogP contribution < -0.4 is 5.73 Å². The van der Waals surface area contributed by atoms with Crippen LogP contribution >= 0.6 is 0 Å². The Morgan fingerprint density at radius 1 is 1.35 bits per heavy atom. The van der Waals surface area contributed by atoms with Crippen molar-refractivity contribution in [3.8, 4) is 0 Å². The summed E-state index contributed by atoms with van der Waals surface area (Å²) in [6.07, 6.45) is -0.219. The van der Waals surface area contributed by atoms with Gasteiger partial charge in [-0.05, 0) is 12.8 Å². The topological polar surface area (TPSA) is 81.9 Å². The number of hydrogen-bond donors (Lipinski definition) is 1. The molecule has 1 atom stereocenters. The highest BCUT2D eigenvalue weighted by atomic mass is 19.3. The van der Waals surface area contributed by atoms with Crippen LogP contribution in [0.1, 0.15) is 32.1 Å². The SMILES string of the molecule is CO[C@@]1(CC(N)=O)COCCN(C(=O)C2CCC(F)(F)CC2)C1. The molecule has 6 nitrogen and oxygen atoms in total. The summed E-state index contributed by atoms with van der Waals surface area (Å²) < 4.78 is 37.4. The van der Waals surface area contributed by atoms with Gasteiger partial charge in [-0.2, -0.15) is 0 Å². The fraction of sp³-hybridized carbons (Fsp3) is 0.867. The number of carbonyl (C=O) groups is 2. The van der Waals surface area contributed by atoms with E-state index in [1.165, 1.54) is 7.11 Å². The zero-order valence-electron chi connectivity index (χ0n) is 13.4. The molecule has 2 fully saturated rings. The van der Waals surface area contributed by atoms with Gasteiger partial charge in [-0.1, -0.05) is 0 Å². The zero-order valence-corrected chi connectivity index (χ0v) is 13.4. The van der Waals surface area contributed by atoms with E-state index < -0.39 is 23.3 Å². The second kappa shape index (κ2) is 7.09. The first-order chi connectivity index (χ1) is 10.8. The minimum atomic E-state index is -2.67. The van der Waals surface area contributed by atoms with E-state index in [4.69, 9.17) is 15.2 Å². The van der Waals surface area contributed by atoms with Crippen molar-refractivity contribution < 1.29 is 27.8 Å². The molecule has 0 radical (unpaired) electrons. The molecule has 0 aromatic carbocycles. The molecule has 1 heterocycles. The van der Waals surface area contributed by atoms with Gasteiger partial charge in [0.15, 0.2) is 0 Å². The average Bonchev–Trinajstić information content (AvgIpc) is 2.69. The summed E-state index contributed by atoms with van der Waals surface area (Å²) in [7, 11) is 1.45. The lowest BCUT2D eigenvalue weighted by atomic mass is 9.85. The van der Waals surface area contributed by atoms with Crippen molar-refractivity contribution in [2.45, 2.75) is 43.6 Å². The van der Waals surface area contributed by atoms with Crippen LogP contribution in [-0.2, 0) is 19.1 Å². The third-order valence-corrected chi connectivity index (χ3v) is 4.66. The van der Waals surface area contributed by atoms with Crippen molar-refractivity contribution in [1.29, 1.82) is 0 Å². The standard InChI is InChI=1S/C15H24F2N2O4/c1-22-14(8-12(18)20)9-19(6-7-23-10-14)13(21)11-2-4-15(16,17)5-3-11/h11H,2-10H2,1H3,(H2,18,20)/t14-/m1/s1. The number of methoxy groups -OCH3 is 1. The van der Waals surface area contributed by atoms with Crippen LogP contribution in [0.3, 0.4) is 0 Å². The van der Waals surface area contributed by atoms with Gasteiger partial charge in [0, 0.05) is 32.4 Å². The first-order valence-electron chi connectivity index (χ1n) is 7.85. The van der Waals surface area contributed by atoms with Crippen molar-refractivity contribution >= 4 is 11.8 Å². The molecule has 2 N–H and O–H groups in total. The van der Waals surface area contributed by atoms with Crippen LogP contribution in [-0.4, -0.2) is 61.7 Å². The second-order valence-corrected chi connectivity index (χ2v) is 6.47. The maximum atomic E-state index is 13.3. The molecule has 2 rings (SSSR count). The number of carbonyl (C=O) groups excluding carboxylic acids is 2. The van der Waals surface area contributed by atoms with Crippen LogP contribution in [0.25, 0.3) is 0 Å². The van der Waals surface area contributed by atoms with Crippen molar-refractivity contribution in [1.82, 2.24) is 4.90 Å². The first kappa shape index (κ1) is 18.1. The summed E-state index contributed by atoms with van der Waals surface area (Å²) >= 11 is 0. The molecule has 2 amide bonds. The minimum absolute atomic E-state index is 0.0595. The molecule has 132 valence electrons. The highest BCUT2D eigenvalue weighted by Gasteiger charge is 2.42. The van der Waals surface area contributed by atoms with E-state index >= 15 is 0 Å². The molecule has 0 aromatic rings. The number of hydrogen-bond acceptors (Lipinski definition) is 4. The lowest BCUT2D eigenvalue weighted by Gasteiger charge is -2.36. The molecular formula is C15H24F2N2O4. The largest absolute Gasteiger partial charge is 0.377 e. The smallest absolute Gasteiger partial charge is 0.248 e. The van der Waals surface area contributed by atoms with E-state index in [0.717, 1.165) is 0 Å². The fourth-order valence-corrected chi connectivity index (χ4v) is 3.26. The quantitative estimate of drug-likeness (QED) is 0.829. The zero-order chi connectivity index (χ0) is 17.1. The van der Waals surface area contributed by atoms with E-state index in [1.807, 2.05) is 0 Å². The third-order valence-electron chi connectivity index (χ3n) is 4.66. The highest BCUT2D eigenvalue weighted by Crippen LogP contribution is 2.37. The molecule has 2 aliphatic rings. The van der Waals surface area contributed by atoms with E-state index in [0.29, 0.717) is 13.2 Å². The van der Waals surface area contributed by atoms with Crippen molar-refractivity contribution in [2.75, 3.05) is 33.4 Å². The Labute approximate surface area is 134 Å². The molecular weight excluding hydrogens is 310 g/mol. The van der Waals surface area contributed by atoms with Gasteiger partial charge in [0.2, 0.25) is 17.7 Å². The highest BCUT2D eigenvalue weighted by molar-refractivity contribution is 5.79. The molecule has 0 bridgehead atoms. The molecule has 0 spiro atoms. The van der Waals surface area contributed by atoms with Gasteiger partial charge >= 0.3 is 0 Å². The van der Waals surface area contributed by atoms with Crippen LogP contribution in [0.2, 0.25) is 0 Å². The minimum Gasteiger partial charge on any atom is -0.377 e. The van der Waals surface area contributed by atoms with Gasteiger partial charge in [0.1, 0.15) is 5.60 Å².